The Balaban J connectivity index is 2.60. The molecule has 0 saturated carbocycles. The number of rotatable bonds is 1. The van der Waals surface area contributed by atoms with Crippen molar-refractivity contribution in [2.45, 2.75) is 6.92 Å². The summed E-state index contributed by atoms with van der Waals surface area (Å²) in [6.45, 7) is 1.92. The molecule has 1 aromatic heterocycles. The Hall–Kier alpha value is -1.86. The fourth-order valence-electron chi connectivity index (χ4n) is 1.59. The monoisotopic (exact) mass is 229 g/mol. The second kappa shape index (κ2) is 3.95. The van der Waals surface area contributed by atoms with E-state index in [1.165, 1.54) is 0 Å². The van der Waals surface area contributed by atoms with Crippen LogP contribution in [-0.2, 0) is 7.05 Å². The van der Waals surface area contributed by atoms with Gasteiger partial charge in [-0.25, -0.2) is 4.68 Å². The smallest absolute Gasteiger partial charge is 0.202 e. The van der Waals surface area contributed by atoms with Crippen LogP contribution in [0.4, 0.5) is 0 Å². The van der Waals surface area contributed by atoms with E-state index in [1.807, 2.05) is 42.8 Å². The van der Waals surface area contributed by atoms with E-state index in [9.17, 15) is 0 Å². The molecular formula is C12H11N3S. The predicted octanol–water partition coefficient (Wildman–Crippen LogP) is 2.23. The molecule has 80 valence electrons. The quantitative estimate of drug-likeness (QED) is 0.553. The predicted molar refractivity (Wildman–Crippen MR) is 66.0 cm³/mol. The van der Waals surface area contributed by atoms with Crippen molar-refractivity contribution in [2.24, 2.45) is 7.05 Å². The van der Waals surface area contributed by atoms with Gasteiger partial charge in [0.1, 0.15) is 5.82 Å². The van der Waals surface area contributed by atoms with E-state index in [4.69, 9.17) is 18.6 Å². The highest BCUT2D eigenvalue weighted by Crippen LogP contribution is 2.12. The minimum atomic E-state index is 0.672. The molecule has 4 heteroatoms. The summed E-state index contributed by atoms with van der Waals surface area (Å²) in [5.74, 6) is 3.45. The lowest BCUT2D eigenvalue weighted by molar-refractivity contribution is 0.743. The number of aromatic nitrogens is 3. The molecule has 0 bridgehead atoms. The summed E-state index contributed by atoms with van der Waals surface area (Å²) in [6.07, 6.45) is 5.31. The minimum absolute atomic E-state index is 0.672. The van der Waals surface area contributed by atoms with Crippen LogP contribution < -0.4 is 0 Å². The standard InChI is InChI=1S/C12H11N3S/c1-4-10-5-7-11(8-6-10)15-9(2)13-14(3)12(15)16/h1,5-8H,2-3H3. The zero-order valence-corrected chi connectivity index (χ0v) is 9.95. The Morgan fingerprint density at radius 1 is 1.31 bits per heavy atom. The van der Waals surface area contributed by atoms with Crippen molar-refractivity contribution in [2.75, 3.05) is 0 Å². The molecule has 1 aromatic carbocycles. The zero-order valence-electron chi connectivity index (χ0n) is 9.14. The van der Waals surface area contributed by atoms with Gasteiger partial charge < -0.3 is 0 Å². The third kappa shape index (κ3) is 1.66. The van der Waals surface area contributed by atoms with E-state index in [1.54, 1.807) is 4.68 Å². The maximum atomic E-state index is 5.31. The van der Waals surface area contributed by atoms with Crippen LogP contribution in [-0.4, -0.2) is 14.3 Å². The highest BCUT2D eigenvalue weighted by Gasteiger charge is 2.05. The Bertz CT molecular complexity index is 611. The maximum absolute atomic E-state index is 5.31. The SMILES string of the molecule is C#Cc1ccc(-n2c(C)nn(C)c2=S)cc1. The molecule has 3 nitrogen and oxygen atoms in total. The molecule has 0 saturated heterocycles. The molecule has 16 heavy (non-hydrogen) atoms. The normalized spacial score (nSPS) is 10.1. The van der Waals surface area contributed by atoms with E-state index in [0.717, 1.165) is 17.1 Å². The van der Waals surface area contributed by atoms with Gasteiger partial charge in [0.2, 0.25) is 4.77 Å². The fourth-order valence-corrected chi connectivity index (χ4v) is 1.87. The molecule has 0 radical (unpaired) electrons. The molecule has 0 spiro atoms. The first kappa shape index (κ1) is 10.7. The molecule has 0 aliphatic heterocycles. The van der Waals surface area contributed by atoms with Crippen LogP contribution in [0.5, 0.6) is 0 Å². The lowest BCUT2D eigenvalue weighted by Crippen LogP contribution is -1.97. The Kier molecular flexibility index (Phi) is 2.63. The maximum Gasteiger partial charge on any atom is 0.202 e. The van der Waals surface area contributed by atoms with Crippen molar-refractivity contribution in [1.82, 2.24) is 14.3 Å². The number of terminal acetylenes is 1. The molecule has 0 amide bonds. The van der Waals surface area contributed by atoms with Gasteiger partial charge in [-0.3, -0.25) is 4.57 Å². The Morgan fingerprint density at radius 2 is 1.94 bits per heavy atom. The molecular weight excluding hydrogens is 218 g/mol. The first-order chi connectivity index (χ1) is 7.63. The summed E-state index contributed by atoms with van der Waals surface area (Å²) in [5, 5.41) is 4.26. The van der Waals surface area contributed by atoms with Gasteiger partial charge in [-0.2, -0.15) is 5.10 Å². The van der Waals surface area contributed by atoms with Gasteiger partial charge in [0, 0.05) is 18.3 Å². The van der Waals surface area contributed by atoms with Crippen molar-refractivity contribution in [3.8, 4) is 18.0 Å². The van der Waals surface area contributed by atoms with Crippen molar-refractivity contribution in [1.29, 1.82) is 0 Å². The van der Waals surface area contributed by atoms with E-state index < -0.39 is 0 Å². The van der Waals surface area contributed by atoms with Crippen LogP contribution in [0.15, 0.2) is 24.3 Å². The van der Waals surface area contributed by atoms with Crippen molar-refractivity contribution in [3.63, 3.8) is 0 Å². The topological polar surface area (TPSA) is 22.8 Å². The van der Waals surface area contributed by atoms with Crippen molar-refractivity contribution < 1.29 is 0 Å². The van der Waals surface area contributed by atoms with E-state index in [-0.39, 0.29) is 0 Å². The molecule has 2 aromatic rings. The summed E-state index contributed by atoms with van der Waals surface area (Å²) in [6, 6.07) is 7.67. The van der Waals surface area contributed by atoms with Crippen LogP contribution in [0.3, 0.4) is 0 Å². The second-order valence-electron chi connectivity index (χ2n) is 3.48. The van der Waals surface area contributed by atoms with Gasteiger partial charge in [-0.05, 0) is 43.4 Å². The number of hydrogen-bond acceptors (Lipinski definition) is 2. The van der Waals surface area contributed by atoms with Crippen LogP contribution in [0, 0.1) is 24.0 Å². The number of nitrogens with zero attached hydrogens (tertiary/aromatic N) is 3. The Morgan fingerprint density at radius 3 is 2.38 bits per heavy atom. The van der Waals surface area contributed by atoms with Crippen LogP contribution in [0.25, 0.3) is 5.69 Å². The average Bonchev–Trinajstić information content (AvgIpc) is 2.54. The van der Waals surface area contributed by atoms with E-state index >= 15 is 0 Å². The third-order valence-corrected chi connectivity index (χ3v) is 2.83. The van der Waals surface area contributed by atoms with Gasteiger partial charge in [0.15, 0.2) is 0 Å². The summed E-state index contributed by atoms with van der Waals surface area (Å²) in [4.78, 5) is 0. The summed E-state index contributed by atoms with van der Waals surface area (Å²) >= 11 is 5.28. The molecule has 0 unspecified atom stereocenters. The van der Waals surface area contributed by atoms with Gasteiger partial charge in [0.25, 0.3) is 0 Å². The van der Waals surface area contributed by atoms with Crippen LogP contribution >= 0.6 is 12.2 Å². The summed E-state index contributed by atoms with van der Waals surface area (Å²) in [7, 11) is 1.83. The molecule has 1 heterocycles. The van der Waals surface area contributed by atoms with Gasteiger partial charge in [-0.1, -0.05) is 5.92 Å². The lowest BCUT2D eigenvalue weighted by atomic mass is 10.2. The van der Waals surface area contributed by atoms with Crippen molar-refractivity contribution in [3.05, 3.63) is 40.4 Å². The largest absolute Gasteiger partial charge is 0.272 e. The molecule has 2 rings (SSSR count). The highest BCUT2D eigenvalue weighted by atomic mass is 32.1. The van der Waals surface area contributed by atoms with E-state index in [2.05, 4.69) is 11.0 Å². The average molecular weight is 229 g/mol. The molecule has 0 aliphatic rings. The number of benzene rings is 1. The van der Waals surface area contributed by atoms with Gasteiger partial charge in [0.05, 0.1) is 0 Å². The zero-order chi connectivity index (χ0) is 11.7. The Labute approximate surface area is 99.3 Å². The fraction of sp³-hybridized carbons (Fsp3) is 0.167. The third-order valence-electron chi connectivity index (χ3n) is 2.38. The van der Waals surface area contributed by atoms with Gasteiger partial charge >= 0.3 is 0 Å². The lowest BCUT2D eigenvalue weighted by Gasteiger charge is -2.03. The number of hydrogen-bond donors (Lipinski definition) is 0. The highest BCUT2D eigenvalue weighted by molar-refractivity contribution is 7.71. The molecule has 0 atom stereocenters. The first-order valence-corrected chi connectivity index (χ1v) is 5.24. The molecule has 0 aliphatic carbocycles. The van der Waals surface area contributed by atoms with E-state index in [0.29, 0.717) is 4.77 Å². The van der Waals surface area contributed by atoms with Crippen molar-refractivity contribution >= 4 is 12.2 Å². The summed E-state index contributed by atoms with van der Waals surface area (Å²) in [5.41, 5.74) is 1.84. The number of aryl methyl sites for hydroxylation is 2. The second-order valence-corrected chi connectivity index (χ2v) is 3.85. The van der Waals surface area contributed by atoms with Gasteiger partial charge in [-0.15, -0.1) is 6.42 Å². The summed E-state index contributed by atoms with van der Waals surface area (Å²) < 4.78 is 4.26. The van der Waals surface area contributed by atoms with Crippen LogP contribution in [0.1, 0.15) is 11.4 Å². The minimum Gasteiger partial charge on any atom is -0.272 e. The molecule has 0 N–H and O–H groups in total. The molecule has 0 fully saturated rings. The first-order valence-electron chi connectivity index (χ1n) is 4.83. The van der Waals surface area contributed by atoms with Crippen LogP contribution in [0.2, 0.25) is 0 Å².